The van der Waals surface area contributed by atoms with Crippen molar-refractivity contribution in [3.63, 3.8) is 0 Å². The van der Waals surface area contributed by atoms with Crippen molar-refractivity contribution in [3.05, 3.63) is 0 Å². The first-order valence-corrected chi connectivity index (χ1v) is 19.0. The molecule has 0 aliphatic heterocycles. The molecule has 0 aromatic rings. The molecule has 2 nitrogen and oxygen atoms in total. The third-order valence-corrected chi connectivity index (χ3v) is 8.96. The van der Waals surface area contributed by atoms with Crippen LogP contribution in [0.5, 0.6) is 0 Å². The Morgan fingerprint density at radius 1 is 0.488 bits per heavy atom. The van der Waals surface area contributed by atoms with E-state index in [1.54, 1.807) is 0 Å². The van der Waals surface area contributed by atoms with Crippen LogP contribution in [0, 0.1) is 11.3 Å². The molecule has 0 bridgehead atoms. The van der Waals surface area contributed by atoms with Crippen LogP contribution in [0.15, 0.2) is 0 Å². The van der Waals surface area contributed by atoms with Crippen LogP contribution < -0.4 is 0 Å². The molecule has 246 valence electrons. The predicted octanol–water partition coefficient (Wildman–Crippen LogP) is 13.9. The SMILES string of the molecule is CCCCCCCCCCCCCC(=O)OC(CC(C)(C)C)C(CCCCCCCC)CCCCCCCCCC. The first-order chi connectivity index (χ1) is 19.8. The van der Waals surface area contributed by atoms with E-state index in [1.807, 2.05) is 0 Å². The largest absolute Gasteiger partial charge is 0.462 e. The Bertz CT molecular complexity index is 534. The van der Waals surface area contributed by atoms with Crippen molar-refractivity contribution in [2.24, 2.45) is 11.3 Å². The molecule has 0 aliphatic carbocycles. The highest BCUT2D eigenvalue weighted by atomic mass is 16.5. The fourth-order valence-electron chi connectivity index (χ4n) is 6.31. The molecular weight excluding hydrogens is 500 g/mol. The lowest BCUT2D eigenvalue weighted by molar-refractivity contribution is -0.154. The van der Waals surface area contributed by atoms with Gasteiger partial charge in [-0.3, -0.25) is 4.79 Å². The smallest absolute Gasteiger partial charge is 0.306 e. The summed E-state index contributed by atoms with van der Waals surface area (Å²) in [6.45, 7) is 13.8. The van der Waals surface area contributed by atoms with E-state index in [9.17, 15) is 4.79 Å². The second kappa shape index (κ2) is 29.5. The predicted molar refractivity (Wildman–Crippen MR) is 184 cm³/mol. The van der Waals surface area contributed by atoms with Crippen LogP contribution in [0.4, 0.5) is 0 Å². The number of unbranched alkanes of at least 4 members (excludes halogenated alkanes) is 22. The molecule has 41 heavy (non-hydrogen) atoms. The lowest BCUT2D eigenvalue weighted by atomic mass is 9.80. The monoisotopic (exact) mass is 579 g/mol. The zero-order chi connectivity index (χ0) is 30.4. The van der Waals surface area contributed by atoms with Crippen molar-refractivity contribution in [1.82, 2.24) is 0 Å². The summed E-state index contributed by atoms with van der Waals surface area (Å²) in [7, 11) is 0. The highest BCUT2D eigenvalue weighted by Gasteiger charge is 2.29. The van der Waals surface area contributed by atoms with E-state index < -0.39 is 0 Å². The van der Waals surface area contributed by atoms with Crippen LogP contribution in [0.2, 0.25) is 0 Å². The number of hydrogen-bond donors (Lipinski definition) is 0. The molecule has 0 saturated heterocycles. The van der Waals surface area contributed by atoms with Gasteiger partial charge in [-0.05, 0) is 37.0 Å². The van der Waals surface area contributed by atoms with Gasteiger partial charge < -0.3 is 4.74 Å². The second-order valence-electron chi connectivity index (χ2n) is 14.7. The number of rotatable bonds is 31. The Kier molecular flexibility index (Phi) is 29.2. The van der Waals surface area contributed by atoms with E-state index in [1.165, 1.54) is 167 Å². The lowest BCUT2D eigenvalue weighted by Gasteiger charge is -2.32. The Morgan fingerprint density at radius 3 is 1.15 bits per heavy atom. The van der Waals surface area contributed by atoms with Gasteiger partial charge in [0.2, 0.25) is 0 Å². The fourth-order valence-corrected chi connectivity index (χ4v) is 6.31. The normalized spacial score (nSPS) is 13.4. The highest BCUT2D eigenvalue weighted by Crippen LogP contribution is 2.32. The average Bonchev–Trinajstić information content (AvgIpc) is 2.92. The standard InChI is InChI=1S/C39H78O2/c1-7-10-13-16-19-21-22-23-25-28-31-34-38(40)41-37(35-39(4,5)6)36(32-29-26-18-15-12-9-3)33-30-27-24-20-17-14-11-8-2/h36-37H,7-35H2,1-6H3. The minimum absolute atomic E-state index is 0.0686. The molecule has 0 heterocycles. The van der Waals surface area contributed by atoms with Crippen LogP contribution in [-0.4, -0.2) is 12.1 Å². The first kappa shape index (κ1) is 40.5. The summed E-state index contributed by atoms with van der Waals surface area (Å²) in [6, 6.07) is 0. The maximum absolute atomic E-state index is 13.0. The molecule has 2 unspecified atom stereocenters. The van der Waals surface area contributed by atoms with Crippen molar-refractivity contribution < 1.29 is 9.53 Å². The Balaban J connectivity index is 4.65. The van der Waals surface area contributed by atoms with Gasteiger partial charge in [0, 0.05) is 6.42 Å². The summed E-state index contributed by atoms with van der Waals surface area (Å²) in [5, 5.41) is 0. The minimum Gasteiger partial charge on any atom is -0.462 e. The lowest BCUT2D eigenvalue weighted by Crippen LogP contribution is -2.31. The Hall–Kier alpha value is -0.530. The summed E-state index contributed by atoms with van der Waals surface area (Å²) in [4.78, 5) is 13.0. The zero-order valence-electron chi connectivity index (χ0n) is 29.5. The highest BCUT2D eigenvalue weighted by molar-refractivity contribution is 5.69. The van der Waals surface area contributed by atoms with Crippen molar-refractivity contribution in [3.8, 4) is 0 Å². The molecule has 2 atom stereocenters. The van der Waals surface area contributed by atoms with Gasteiger partial charge in [-0.2, -0.15) is 0 Å². The van der Waals surface area contributed by atoms with Crippen LogP contribution >= 0.6 is 0 Å². The summed E-state index contributed by atoms with van der Waals surface area (Å²) in [5.74, 6) is 0.598. The minimum atomic E-state index is 0.0686. The van der Waals surface area contributed by atoms with E-state index in [0.29, 0.717) is 12.3 Å². The Morgan fingerprint density at radius 2 is 0.805 bits per heavy atom. The molecule has 0 saturated carbocycles. The number of ether oxygens (including phenoxy) is 1. The number of esters is 1. The molecule has 0 amide bonds. The van der Waals surface area contributed by atoms with Crippen LogP contribution in [0.3, 0.4) is 0 Å². The molecule has 0 spiro atoms. The molecule has 0 aromatic heterocycles. The van der Waals surface area contributed by atoms with Crippen molar-refractivity contribution >= 4 is 5.97 Å². The summed E-state index contributed by atoms with van der Waals surface area (Å²) in [6.07, 6.45) is 37.6. The summed E-state index contributed by atoms with van der Waals surface area (Å²) < 4.78 is 6.36. The van der Waals surface area contributed by atoms with Gasteiger partial charge in [-0.1, -0.05) is 196 Å². The maximum Gasteiger partial charge on any atom is 0.306 e. The van der Waals surface area contributed by atoms with E-state index >= 15 is 0 Å². The van der Waals surface area contributed by atoms with Gasteiger partial charge in [0.25, 0.3) is 0 Å². The number of carbonyl (C=O) groups excluding carboxylic acids is 1. The molecule has 0 aliphatic rings. The molecule has 2 heteroatoms. The first-order valence-electron chi connectivity index (χ1n) is 19.0. The van der Waals surface area contributed by atoms with Gasteiger partial charge in [0.1, 0.15) is 6.10 Å². The second-order valence-corrected chi connectivity index (χ2v) is 14.7. The molecule has 0 radical (unpaired) electrons. The summed E-state index contributed by atoms with van der Waals surface area (Å²) in [5.41, 5.74) is 0.181. The fraction of sp³-hybridized carbons (Fsp3) is 0.974. The van der Waals surface area contributed by atoms with Crippen molar-refractivity contribution in [1.29, 1.82) is 0 Å². The number of carbonyl (C=O) groups is 1. The quantitative estimate of drug-likeness (QED) is 0.0604. The van der Waals surface area contributed by atoms with E-state index in [0.717, 1.165) is 12.8 Å². The van der Waals surface area contributed by atoms with Gasteiger partial charge >= 0.3 is 5.97 Å². The topological polar surface area (TPSA) is 26.3 Å². The van der Waals surface area contributed by atoms with E-state index in [2.05, 4.69) is 41.5 Å². The van der Waals surface area contributed by atoms with Crippen LogP contribution in [-0.2, 0) is 9.53 Å². The van der Waals surface area contributed by atoms with Gasteiger partial charge in [0.05, 0.1) is 0 Å². The molecule has 0 fully saturated rings. The van der Waals surface area contributed by atoms with Gasteiger partial charge in [-0.25, -0.2) is 0 Å². The zero-order valence-corrected chi connectivity index (χ0v) is 29.5. The molecule has 0 aromatic carbocycles. The maximum atomic E-state index is 13.0. The van der Waals surface area contributed by atoms with E-state index in [4.69, 9.17) is 4.74 Å². The van der Waals surface area contributed by atoms with Crippen LogP contribution in [0.25, 0.3) is 0 Å². The molecular formula is C39H78O2. The third-order valence-electron chi connectivity index (χ3n) is 8.96. The average molecular weight is 579 g/mol. The van der Waals surface area contributed by atoms with Gasteiger partial charge in [0.15, 0.2) is 0 Å². The van der Waals surface area contributed by atoms with Gasteiger partial charge in [-0.15, -0.1) is 0 Å². The van der Waals surface area contributed by atoms with Crippen LogP contribution in [0.1, 0.15) is 228 Å². The number of hydrogen-bond acceptors (Lipinski definition) is 2. The van der Waals surface area contributed by atoms with Crippen molar-refractivity contribution in [2.75, 3.05) is 0 Å². The van der Waals surface area contributed by atoms with Crippen molar-refractivity contribution in [2.45, 2.75) is 234 Å². The third kappa shape index (κ3) is 29.3. The molecule has 0 rings (SSSR count). The molecule has 0 N–H and O–H groups in total. The Labute approximate surface area is 260 Å². The summed E-state index contributed by atoms with van der Waals surface area (Å²) >= 11 is 0. The van der Waals surface area contributed by atoms with E-state index in [-0.39, 0.29) is 17.5 Å².